The Hall–Kier alpha value is -1.43. The number of aryl methyl sites for hydroxylation is 1. The SMILES string of the molecule is Cc1ccc(C(=O)Nc2ccc(I)cc2)cn1. The lowest BCUT2D eigenvalue weighted by Gasteiger charge is -2.05. The predicted molar refractivity (Wildman–Crippen MR) is 76.1 cm³/mol. The van der Waals surface area contributed by atoms with Gasteiger partial charge in [-0.15, -0.1) is 0 Å². The molecule has 0 saturated carbocycles. The van der Waals surface area contributed by atoms with E-state index in [1.165, 1.54) is 0 Å². The molecular weight excluding hydrogens is 327 g/mol. The first-order valence-electron chi connectivity index (χ1n) is 5.15. The van der Waals surface area contributed by atoms with Gasteiger partial charge in [0, 0.05) is 21.1 Å². The Balaban J connectivity index is 2.11. The van der Waals surface area contributed by atoms with Gasteiger partial charge < -0.3 is 5.32 Å². The molecular formula is C13H11IN2O. The Bertz CT molecular complexity index is 520. The molecule has 1 N–H and O–H groups in total. The third kappa shape index (κ3) is 3.26. The smallest absolute Gasteiger partial charge is 0.257 e. The number of nitrogens with one attached hydrogen (secondary N) is 1. The van der Waals surface area contributed by atoms with Crippen LogP contribution in [0.4, 0.5) is 5.69 Å². The van der Waals surface area contributed by atoms with E-state index in [0.717, 1.165) is 15.0 Å². The highest BCUT2D eigenvalue weighted by Crippen LogP contribution is 2.12. The first kappa shape index (κ1) is 12.0. The van der Waals surface area contributed by atoms with E-state index in [0.29, 0.717) is 5.56 Å². The number of rotatable bonds is 2. The summed E-state index contributed by atoms with van der Waals surface area (Å²) in [5.74, 6) is -0.140. The summed E-state index contributed by atoms with van der Waals surface area (Å²) >= 11 is 2.22. The van der Waals surface area contributed by atoms with E-state index in [1.54, 1.807) is 12.3 Å². The van der Waals surface area contributed by atoms with Crippen LogP contribution in [0.5, 0.6) is 0 Å². The number of nitrogens with zero attached hydrogens (tertiary/aromatic N) is 1. The number of halogens is 1. The summed E-state index contributed by atoms with van der Waals surface area (Å²) in [7, 11) is 0. The van der Waals surface area contributed by atoms with E-state index in [4.69, 9.17) is 0 Å². The lowest BCUT2D eigenvalue weighted by atomic mass is 10.2. The number of anilines is 1. The maximum Gasteiger partial charge on any atom is 0.257 e. The normalized spacial score (nSPS) is 10.0. The number of pyridine rings is 1. The fourth-order valence-electron chi connectivity index (χ4n) is 1.34. The molecule has 1 aromatic heterocycles. The minimum atomic E-state index is -0.140. The second-order valence-electron chi connectivity index (χ2n) is 3.65. The van der Waals surface area contributed by atoms with Crippen molar-refractivity contribution in [2.24, 2.45) is 0 Å². The molecule has 1 heterocycles. The van der Waals surface area contributed by atoms with Crippen LogP contribution in [0, 0.1) is 10.5 Å². The van der Waals surface area contributed by atoms with Crippen LogP contribution in [-0.2, 0) is 0 Å². The molecule has 0 atom stereocenters. The average Bonchev–Trinajstić information content (AvgIpc) is 2.33. The highest BCUT2D eigenvalue weighted by Gasteiger charge is 2.05. The fraction of sp³-hybridized carbons (Fsp3) is 0.0769. The van der Waals surface area contributed by atoms with Gasteiger partial charge in [0.15, 0.2) is 0 Å². The molecule has 0 spiro atoms. The van der Waals surface area contributed by atoms with Crippen LogP contribution in [-0.4, -0.2) is 10.9 Å². The number of benzene rings is 1. The van der Waals surface area contributed by atoms with Gasteiger partial charge in [-0.1, -0.05) is 0 Å². The zero-order valence-electron chi connectivity index (χ0n) is 9.27. The molecule has 0 aliphatic heterocycles. The van der Waals surface area contributed by atoms with Gasteiger partial charge in [-0.2, -0.15) is 0 Å². The van der Waals surface area contributed by atoms with Crippen molar-refractivity contribution >= 4 is 34.2 Å². The molecule has 0 fully saturated rings. The van der Waals surface area contributed by atoms with E-state index in [2.05, 4.69) is 32.9 Å². The van der Waals surface area contributed by atoms with E-state index in [9.17, 15) is 4.79 Å². The predicted octanol–water partition coefficient (Wildman–Crippen LogP) is 3.25. The molecule has 0 saturated heterocycles. The zero-order chi connectivity index (χ0) is 12.3. The second-order valence-corrected chi connectivity index (χ2v) is 4.89. The number of amides is 1. The number of carbonyl (C=O) groups excluding carboxylic acids is 1. The largest absolute Gasteiger partial charge is 0.322 e. The molecule has 2 aromatic rings. The molecule has 3 nitrogen and oxygen atoms in total. The molecule has 86 valence electrons. The van der Waals surface area contributed by atoms with Crippen molar-refractivity contribution in [3.8, 4) is 0 Å². The molecule has 0 aliphatic carbocycles. The van der Waals surface area contributed by atoms with Gasteiger partial charge in [0.2, 0.25) is 0 Å². The molecule has 0 aliphatic rings. The molecule has 17 heavy (non-hydrogen) atoms. The van der Waals surface area contributed by atoms with Crippen LogP contribution in [0.25, 0.3) is 0 Å². The van der Waals surface area contributed by atoms with Gasteiger partial charge >= 0.3 is 0 Å². The number of hydrogen-bond acceptors (Lipinski definition) is 2. The topological polar surface area (TPSA) is 42.0 Å². The summed E-state index contributed by atoms with van der Waals surface area (Å²) in [6.45, 7) is 1.89. The Morgan fingerprint density at radius 2 is 1.88 bits per heavy atom. The molecule has 0 unspecified atom stereocenters. The fourth-order valence-corrected chi connectivity index (χ4v) is 1.70. The van der Waals surface area contributed by atoms with Crippen molar-refractivity contribution in [3.05, 3.63) is 57.4 Å². The Morgan fingerprint density at radius 3 is 2.47 bits per heavy atom. The van der Waals surface area contributed by atoms with Gasteiger partial charge in [0.05, 0.1) is 5.56 Å². The molecule has 0 radical (unpaired) electrons. The van der Waals surface area contributed by atoms with E-state index < -0.39 is 0 Å². The van der Waals surface area contributed by atoms with Gasteiger partial charge in [0.25, 0.3) is 5.91 Å². The average molecular weight is 338 g/mol. The van der Waals surface area contributed by atoms with Crippen molar-refractivity contribution in [2.75, 3.05) is 5.32 Å². The van der Waals surface area contributed by atoms with Crippen LogP contribution < -0.4 is 5.32 Å². The van der Waals surface area contributed by atoms with Gasteiger partial charge in [-0.3, -0.25) is 9.78 Å². The third-order valence-corrected chi connectivity index (χ3v) is 2.99. The van der Waals surface area contributed by atoms with E-state index in [-0.39, 0.29) is 5.91 Å². The van der Waals surface area contributed by atoms with Gasteiger partial charge in [-0.25, -0.2) is 0 Å². The van der Waals surface area contributed by atoms with E-state index >= 15 is 0 Å². The molecule has 1 amide bonds. The summed E-state index contributed by atoms with van der Waals surface area (Å²) in [5, 5.41) is 2.82. The lowest BCUT2D eigenvalue weighted by molar-refractivity contribution is 0.102. The summed E-state index contributed by atoms with van der Waals surface area (Å²) in [4.78, 5) is 16.0. The van der Waals surface area contributed by atoms with Crippen molar-refractivity contribution in [3.63, 3.8) is 0 Å². The zero-order valence-corrected chi connectivity index (χ0v) is 11.4. The monoisotopic (exact) mass is 338 g/mol. The van der Waals surface area contributed by atoms with Crippen LogP contribution in [0.2, 0.25) is 0 Å². The summed E-state index contributed by atoms with van der Waals surface area (Å²) in [6.07, 6.45) is 1.58. The third-order valence-electron chi connectivity index (χ3n) is 2.28. The van der Waals surface area contributed by atoms with Gasteiger partial charge in [-0.05, 0) is 65.9 Å². The highest BCUT2D eigenvalue weighted by molar-refractivity contribution is 14.1. The van der Waals surface area contributed by atoms with Crippen LogP contribution in [0.15, 0.2) is 42.6 Å². The number of carbonyl (C=O) groups is 1. The Labute approximate surface area is 113 Å². The van der Waals surface area contributed by atoms with E-state index in [1.807, 2.05) is 37.3 Å². The van der Waals surface area contributed by atoms with Gasteiger partial charge in [0.1, 0.15) is 0 Å². The lowest BCUT2D eigenvalue weighted by Crippen LogP contribution is -2.12. The summed E-state index contributed by atoms with van der Waals surface area (Å²) < 4.78 is 1.14. The van der Waals surface area contributed by atoms with Crippen molar-refractivity contribution < 1.29 is 4.79 Å². The van der Waals surface area contributed by atoms with Crippen molar-refractivity contribution in [1.82, 2.24) is 4.98 Å². The number of hydrogen-bond donors (Lipinski definition) is 1. The van der Waals surface area contributed by atoms with Crippen LogP contribution in [0.3, 0.4) is 0 Å². The quantitative estimate of drug-likeness (QED) is 0.854. The van der Waals surface area contributed by atoms with Crippen LogP contribution >= 0.6 is 22.6 Å². The Kier molecular flexibility index (Phi) is 3.73. The maximum atomic E-state index is 11.9. The standard InChI is InChI=1S/C13H11IN2O/c1-9-2-3-10(8-15-9)13(17)16-12-6-4-11(14)5-7-12/h2-8H,1H3,(H,16,17). The minimum absolute atomic E-state index is 0.140. The number of aromatic nitrogens is 1. The molecule has 0 bridgehead atoms. The molecule has 1 aromatic carbocycles. The minimum Gasteiger partial charge on any atom is -0.322 e. The maximum absolute atomic E-state index is 11.9. The summed E-state index contributed by atoms with van der Waals surface area (Å²) in [5.41, 5.74) is 2.25. The molecule has 2 rings (SSSR count). The Morgan fingerprint density at radius 1 is 1.18 bits per heavy atom. The van der Waals surface area contributed by atoms with Crippen molar-refractivity contribution in [1.29, 1.82) is 0 Å². The first-order valence-corrected chi connectivity index (χ1v) is 6.22. The summed E-state index contributed by atoms with van der Waals surface area (Å²) in [6, 6.07) is 11.2. The van der Waals surface area contributed by atoms with Crippen LogP contribution in [0.1, 0.15) is 16.1 Å². The molecule has 4 heteroatoms. The van der Waals surface area contributed by atoms with Crippen molar-refractivity contribution in [2.45, 2.75) is 6.92 Å². The second kappa shape index (κ2) is 5.27. The highest BCUT2D eigenvalue weighted by atomic mass is 127. The first-order chi connectivity index (χ1) is 8.15.